The Hall–Kier alpha value is 1.81. The summed E-state index contributed by atoms with van der Waals surface area (Å²) in [5.41, 5.74) is 0. The summed E-state index contributed by atoms with van der Waals surface area (Å²) in [7, 11) is -4.00. The molecule has 0 aromatic rings. The minimum atomic E-state index is -4.08. The van der Waals surface area contributed by atoms with Gasteiger partial charge in [0, 0.05) is 26.2 Å². The van der Waals surface area contributed by atoms with Crippen LogP contribution in [0.15, 0.2) is 0 Å². The van der Waals surface area contributed by atoms with Crippen molar-refractivity contribution in [2.45, 2.75) is 0 Å². The summed E-state index contributed by atoms with van der Waals surface area (Å²) in [6.45, 7) is 0. The van der Waals surface area contributed by atoms with Crippen LogP contribution in [-0.2, 0) is 35.0 Å². The molecule has 4 nitrogen and oxygen atoms in total. The molecule has 0 aromatic heterocycles. The van der Waals surface area contributed by atoms with Crippen molar-refractivity contribution >= 4 is 37.2 Å². The molecule has 0 amide bonds. The van der Waals surface area contributed by atoms with Gasteiger partial charge in [0.25, 0.3) is 0 Å². The molecule has 0 saturated heterocycles. The van der Waals surface area contributed by atoms with E-state index in [0.717, 1.165) is 0 Å². The van der Waals surface area contributed by atoms with Crippen LogP contribution >= 0.6 is 7.82 Å². The second kappa shape index (κ2) is 6.92. The molecule has 0 aromatic carbocycles. The van der Waals surface area contributed by atoms with Gasteiger partial charge >= 0.3 is 26.7 Å². The van der Waals surface area contributed by atoms with E-state index in [4.69, 9.17) is 9.79 Å². The summed E-state index contributed by atoms with van der Waals surface area (Å²) < 4.78 is 13.2. The summed E-state index contributed by atoms with van der Waals surface area (Å²) in [5, 5.41) is 0. The van der Waals surface area contributed by atoms with Crippen molar-refractivity contribution in [1.29, 1.82) is 0 Å². The first kappa shape index (κ1) is 16.4. The first-order valence-corrected chi connectivity index (χ1v) is 3.52. The van der Waals surface area contributed by atoms with Gasteiger partial charge in [0.05, 0.1) is 0 Å². The molecule has 0 rings (SSSR count). The van der Waals surface area contributed by atoms with Crippen LogP contribution < -0.4 is 0 Å². The van der Waals surface area contributed by atoms with E-state index < -0.39 is 7.82 Å². The molecule has 0 aliphatic heterocycles. The molecule has 0 atom stereocenters. The number of phosphoric acid groups is 1. The van der Waals surface area contributed by atoms with Crippen LogP contribution in [0.2, 0.25) is 0 Å². The van der Waals surface area contributed by atoms with Crippen molar-refractivity contribution in [2.75, 3.05) is 0 Å². The summed E-state index contributed by atoms with van der Waals surface area (Å²) >= 11 is 0. The van der Waals surface area contributed by atoms with Gasteiger partial charge < -0.3 is 14.0 Å². The van der Waals surface area contributed by atoms with E-state index in [-0.39, 0.29) is 55.6 Å². The van der Waals surface area contributed by atoms with Gasteiger partial charge in [-0.1, -0.05) is 0 Å². The van der Waals surface area contributed by atoms with E-state index in [0.29, 0.717) is 0 Å². The molecule has 0 saturated carbocycles. The maximum Gasteiger partial charge on any atom is 0 e. The molecule has 0 aliphatic rings. The quantitative estimate of drug-likeness (QED) is 0.391. The minimum Gasteiger partial charge on any atom is 0 e. The third-order valence-electron chi connectivity index (χ3n) is 0.238. The summed E-state index contributed by atoms with van der Waals surface area (Å²) in [4.78, 5) is 15.5. The maximum absolute atomic E-state index is 9.51. The largest absolute Gasteiger partial charge is 0 e. The van der Waals surface area contributed by atoms with Gasteiger partial charge in [-0.3, -0.25) is 0 Å². The van der Waals surface area contributed by atoms with Crippen molar-refractivity contribution in [3.05, 3.63) is 0 Å². The summed E-state index contributed by atoms with van der Waals surface area (Å²) in [6.07, 6.45) is 0. The zero-order valence-electron chi connectivity index (χ0n) is 3.66. The second-order valence-electron chi connectivity index (χ2n) is 0.673. The Morgan fingerprint density at radius 3 is 1.62 bits per heavy atom. The molecule has 2 N–H and O–H groups in total. The van der Waals surface area contributed by atoms with Crippen LogP contribution in [-0.4, -0.2) is 39.1 Å². The van der Waals surface area contributed by atoms with Crippen LogP contribution in [0.4, 0.5) is 0 Å². The van der Waals surface area contributed by atoms with Crippen molar-refractivity contribution in [1.82, 2.24) is 0 Å². The molecular formula is H6LiO4PSiZr. The van der Waals surface area contributed by atoms with Gasteiger partial charge in [0.1, 0.15) is 0 Å². The first-order valence-electron chi connectivity index (χ1n) is 1.17. The van der Waals surface area contributed by atoms with Crippen molar-refractivity contribution < 1.29 is 44.8 Å². The monoisotopic (exact) mass is 226 g/mol. The third-order valence-corrected chi connectivity index (χ3v) is 2.14. The van der Waals surface area contributed by atoms with Crippen molar-refractivity contribution in [3.8, 4) is 0 Å². The average molecular weight is 227 g/mol. The fourth-order valence-corrected chi connectivity index (χ4v) is 0. The average Bonchev–Trinajstić information content (AvgIpc) is 1.35. The Balaban J connectivity index is -0.000000125. The third kappa shape index (κ3) is 15.7. The van der Waals surface area contributed by atoms with Gasteiger partial charge in [-0.2, -0.15) is 0 Å². The van der Waals surface area contributed by atoms with E-state index in [1.807, 2.05) is 0 Å². The van der Waals surface area contributed by atoms with Crippen molar-refractivity contribution in [2.24, 2.45) is 0 Å². The predicted molar refractivity (Wildman–Crippen MR) is 30.2 cm³/mol. The van der Waals surface area contributed by atoms with E-state index in [2.05, 4.69) is 4.21 Å². The van der Waals surface area contributed by atoms with Gasteiger partial charge in [-0.25, -0.2) is 4.57 Å². The van der Waals surface area contributed by atoms with Crippen LogP contribution in [0.25, 0.3) is 0 Å². The number of hydrogen-bond donors (Lipinski definition) is 2. The van der Waals surface area contributed by atoms with Gasteiger partial charge in [-0.15, -0.1) is 0 Å². The summed E-state index contributed by atoms with van der Waals surface area (Å²) in [5.74, 6) is 0. The molecule has 8 heteroatoms. The van der Waals surface area contributed by atoms with E-state index >= 15 is 0 Å². The molecule has 0 unspecified atom stereocenters. The molecule has 0 spiro atoms. The second-order valence-corrected chi connectivity index (χ2v) is 3.11. The van der Waals surface area contributed by atoms with E-state index in [9.17, 15) is 4.57 Å². The number of hydrogen-bond acceptors (Lipinski definition) is 2. The standard InChI is InChI=1S/Li.H5O4PSi.Zr.H/c;1-5(2,3)4-6;;/h;6H3,(H2,1,2,3);;. The number of rotatable bonds is 1. The maximum atomic E-state index is 9.51. The molecule has 0 bridgehead atoms. The van der Waals surface area contributed by atoms with Crippen LogP contribution in [0.1, 0.15) is 0 Å². The Kier molecular flexibility index (Phi) is 14.2. The van der Waals surface area contributed by atoms with Crippen molar-refractivity contribution in [3.63, 3.8) is 0 Å². The topological polar surface area (TPSA) is 66.8 Å². The zero-order valence-corrected chi connectivity index (χ0v) is 9.01. The molecule has 0 aliphatic carbocycles. The Morgan fingerprint density at radius 1 is 1.50 bits per heavy atom. The normalized spacial score (nSPS) is 9.25. The zero-order chi connectivity index (χ0) is 5.21. The van der Waals surface area contributed by atoms with Crippen LogP contribution in [0.3, 0.4) is 0 Å². The molecule has 0 fully saturated rings. The fraction of sp³-hybridized carbons (Fsp3) is 0. The Labute approximate surface area is 81.5 Å². The molecular weight excluding hydrogens is 221 g/mol. The molecule has 8 heavy (non-hydrogen) atoms. The predicted octanol–water partition coefficient (Wildman–Crippen LogP) is -2.27. The van der Waals surface area contributed by atoms with Gasteiger partial charge in [0.15, 0.2) is 10.5 Å². The SMILES string of the molecule is O=P(O)(O)O[SiH3].[LiH].[Zr]. The van der Waals surface area contributed by atoms with Gasteiger partial charge in [-0.05, 0) is 0 Å². The molecule has 0 heterocycles. The molecule has 44 valence electrons. The van der Waals surface area contributed by atoms with Gasteiger partial charge in [0.2, 0.25) is 0 Å². The smallest absolute Gasteiger partial charge is 0 e. The first-order chi connectivity index (χ1) is 2.56. The van der Waals surface area contributed by atoms with E-state index in [1.165, 1.54) is 0 Å². The Bertz CT molecular complexity index is 80.1. The Morgan fingerprint density at radius 2 is 1.62 bits per heavy atom. The summed E-state index contributed by atoms with van der Waals surface area (Å²) in [6, 6.07) is 0. The molecule has 0 radical (unpaired) electrons. The minimum absolute atomic E-state index is 0. The van der Waals surface area contributed by atoms with E-state index in [1.54, 1.807) is 0 Å². The van der Waals surface area contributed by atoms with Crippen LogP contribution in [0, 0.1) is 0 Å². The van der Waals surface area contributed by atoms with Crippen LogP contribution in [0.5, 0.6) is 0 Å². The fourth-order valence-electron chi connectivity index (χ4n) is 0.